The summed E-state index contributed by atoms with van der Waals surface area (Å²) in [7, 11) is 1.65. The number of ether oxygens (including phenoxy) is 3. The first kappa shape index (κ1) is 15.4. The largest absolute Gasteiger partial charge is 0.382 e. The Morgan fingerprint density at radius 2 is 1.94 bits per heavy atom. The van der Waals surface area contributed by atoms with Gasteiger partial charge in [0.05, 0.1) is 25.9 Å². The quantitative estimate of drug-likeness (QED) is 0.561. The van der Waals surface area contributed by atoms with Gasteiger partial charge in [0.25, 0.3) is 0 Å². The molecule has 18 heavy (non-hydrogen) atoms. The SMILES string of the molecule is COCCOCCCOCC(C)(C#N)NC1CC1. The molecule has 0 aromatic carbocycles. The van der Waals surface area contributed by atoms with Crippen LogP contribution in [0.3, 0.4) is 0 Å². The molecule has 0 aromatic heterocycles. The van der Waals surface area contributed by atoms with E-state index in [0.29, 0.717) is 39.1 Å². The van der Waals surface area contributed by atoms with Crippen molar-refractivity contribution in [1.82, 2.24) is 5.32 Å². The second-order valence-electron chi connectivity index (χ2n) is 4.87. The number of nitriles is 1. The lowest BCUT2D eigenvalue weighted by Gasteiger charge is -2.23. The molecular formula is C13H24N2O3. The zero-order chi connectivity index (χ0) is 13.3. The minimum absolute atomic E-state index is 0.429. The van der Waals surface area contributed by atoms with E-state index in [2.05, 4.69) is 11.4 Å². The highest BCUT2D eigenvalue weighted by molar-refractivity contribution is 5.07. The molecule has 104 valence electrons. The fourth-order valence-corrected chi connectivity index (χ4v) is 1.57. The summed E-state index contributed by atoms with van der Waals surface area (Å²) in [4.78, 5) is 0. The molecule has 5 heteroatoms. The van der Waals surface area contributed by atoms with Crippen LogP contribution in [0, 0.1) is 11.3 Å². The lowest BCUT2D eigenvalue weighted by molar-refractivity contribution is 0.0434. The second kappa shape index (κ2) is 8.44. The van der Waals surface area contributed by atoms with Gasteiger partial charge >= 0.3 is 0 Å². The lowest BCUT2D eigenvalue weighted by Crippen LogP contribution is -2.46. The average Bonchev–Trinajstić information content (AvgIpc) is 3.16. The first-order valence-corrected chi connectivity index (χ1v) is 6.53. The summed E-state index contributed by atoms with van der Waals surface area (Å²) in [5.74, 6) is 0. The van der Waals surface area contributed by atoms with Crippen LogP contribution < -0.4 is 5.32 Å². The highest BCUT2D eigenvalue weighted by Crippen LogP contribution is 2.22. The number of rotatable bonds is 11. The first-order valence-electron chi connectivity index (χ1n) is 6.53. The van der Waals surface area contributed by atoms with E-state index in [1.807, 2.05) is 6.92 Å². The van der Waals surface area contributed by atoms with Crippen molar-refractivity contribution < 1.29 is 14.2 Å². The van der Waals surface area contributed by atoms with Gasteiger partial charge in [-0.05, 0) is 26.2 Å². The standard InChI is InChI=1S/C13H24N2O3/c1-13(10-14,15-12-4-5-12)11-18-7-3-6-17-9-8-16-2/h12,15H,3-9,11H2,1-2H3. The third-order valence-electron chi connectivity index (χ3n) is 2.75. The number of nitrogens with zero attached hydrogens (tertiary/aromatic N) is 1. The third-order valence-corrected chi connectivity index (χ3v) is 2.75. The van der Waals surface area contributed by atoms with Crippen LogP contribution in [0.5, 0.6) is 0 Å². The number of nitrogens with one attached hydrogen (secondary N) is 1. The average molecular weight is 256 g/mol. The monoisotopic (exact) mass is 256 g/mol. The molecule has 1 N–H and O–H groups in total. The molecule has 5 nitrogen and oxygen atoms in total. The van der Waals surface area contributed by atoms with Gasteiger partial charge < -0.3 is 14.2 Å². The van der Waals surface area contributed by atoms with E-state index in [4.69, 9.17) is 19.5 Å². The predicted octanol–water partition coefficient (Wildman–Crippen LogP) is 1.09. The molecule has 0 aliphatic heterocycles. The molecule has 0 spiro atoms. The molecule has 1 atom stereocenters. The summed E-state index contributed by atoms with van der Waals surface area (Å²) >= 11 is 0. The van der Waals surface area contributed by atoms with Crippen molar-refractivity contribution in [2.45, 2.75) is 37.8 Å². The molecule has 0 radical (unpaired) electrons. The van der Waals surface area contributed by atoms with Gasteiger partial charge in [-0.25, -0.2) is 0 Å². The van der Waals surface area contributed by atoms with Crippen LogP contribution in [-0.2, 0) is 14.2 Å². The van der Waals surface area contributed by atoms with Crippen LogP contribution in [0.25, 0.3) is 0 Å². The van der Waals surface area contributed by atoms with Gasteiger partial charge in [0.1, 0.15) is 5.54 Å². The van der Waals surface area contributed by atoms with Crippen molar-refractivity contribution in [3.05, 3.63) is 0 Å². The minimum Gasteiger partial charge on any atom is -0.382 e. The van der Waals surface area contributed by atoms with Gasteiger partial charge in [-0.1, -0.05) is 0 Å². The molecule has 0 heterocycles. The maximum Gasteiger partial charge on any atom is 0.127 e. The Labute approximate surface area is 109 Å². The van der Waals surface area contributed by atoms with Gasteiger partial charge in [0, 0.05) is 26.4 Å². The molecule has 1 rings (SSSR count). The first-order chi connectivity index (χ1) is 8.70. The van der Waals surface area contributed by atoms with E-state index in [0.717, 1.165) is 6.42 Å². The van der Waals surface area contributed by atoms with Crippen molar-refractivity contribution in [1.29, 1.82) is 5.26 Å². The summed E-state index contributed by atoms with van der Waals surface area (Å²) in [6.45, 7) is 4.85. The Morgan fingerprint density at radius 1 is 1.22 bits per heavy atom. The maximum absolute atomic E-state index is 9.13. The third kappa shape index (κ3) is 6.92. The molecule has 1 unspecified atom stereocenters. The maximum atomic E-state index is 9.13. The van der Waals surface area contributed by atoms with Crippen LogP contribution in [0.1, 0.15) is 26.2 Å². The van der Waals surface area contributed by atoms with Crippen molar-refractivity contribution in [3.63, 3.8) is 0 Å². The van der Waals surface area contributed by atoms with Crippen LogP contribution in [0.4, 0.5) is 0 Å². The van der Waals surface area contributed by atoms with E-state index in [1.165, 1.54) is 12.8 Å². The van der Waals surface area contributed by atoms with Crippen LogP contribution in [0.2, 0.25) is 0 Å². The number of hydrogen-bond donors (Lipinski definition) is 1. The Morgan fingerprint density at radius 3 is 2.56 bits per heavy atom. The van der Waals surface area contributed by atoms with Crippen LogP contribution >= 0.6 is 0 Å². The zero-order valence-electron chi connectivity index (χ0n) is 11.4. The van der Waals surface area contributed by atoms with Gasteiger partial charge in [-0.15, -0.1) is 0 Å². The number of methoxy groups -OCH3 is 1. The Hall–Kier alpha value is -0.670. The van der Waals surface area contributed by atoms with E-state index in [1.54, 1.807) is 7.11 Å². The molecule has 1 saturated carbocycles. The highest BCUT2D eigenvalue weighted by Gasteiger charge is 2.32. The van der Waals surface area contributed by atoms with Crippen LogP contribution in [-0.4, -0.2) is 51.7 Å². The zero-order valence-corrected chi connectivity index (χ0v) is 11.4. The van der Waals surface area contributed by atoms with Crippen molar-refractivity contribution >= 4 is 0 Å². The molecular weight excluding hydrogens is 232 g/mol. The van der Waals surface area contributed by atoms with Crippen molar-refractivity contribution in [3.8, 4) is 6.07 Å². The topological polar surface area (TPSA) is 63.5 Å². The molecule has 1 aliphatic rings. The molecule has 1 aliphatic carbocycles. The molecule has 0 aromatic rings. The van der Waals surface area contributed by atoms with Gasteiger partial charge in [-0.3, -0.25) is 5.32 Å². The summed E-state index contributed by atoms with van der Waals surface area (Å²) in [5.41, 5.74) is -0.557. The molecule has 1 fully saturated rings. The van der Waals surface area contributed by atoms with Crippen molar-refractivity contribution in [2.24, 2.45) is 0 Å². The lowest BCUT2D eigenvalue weighted by atomic mass is 10.1. The number of hydrogen-bond acceptors (Lipinski definition) is 5. The van der Waals surface area contributed by atoms with E-state index in [9.17, 15) is 0 Å². The Balaban J connectivity index is 1.96. The van der Waals surface area contributed by atoms with Crippen molar-refractivity contribution in [2.75, 3.05) is 40.1 Å². The minimum atomic E-state index is -0.557. The van der Waals surface area contributed by atoms with E-state index < -0.39 is 5.54 Å². The molecule has 0 saturated heterocycles. The smallest absolute Gasteiger partial charge is 0.127 e. The Kier molecular flexibility index (Phi) is 7.21. The van der Waals surface area contributed by atoms with Gasteiger partial charge in [0.15, 0.2) is 0 Å². The van der Waals surface area contributed by atoms with Crippen LogP contribution in [0.15, 0.2) is 0 Å². The molecule has 0 bridgehead atoms. The van der Waals surface area contributed by atoms with Gasteiger partial charge in [0.2, 0.25) is 0 Å². The molecule has 0 amide bonds. The fraction of sp³-hybridized carbons (Fsp3) is 0.923. The van der Waals surface area contributed by atoms with Gasteiger partial charge in [-0.2, -0.15) is 5.26 Å². The summed E-state index contributed by atoms with van der Waals surface area (Å²) in [6, 6.07) is 2.79. The normalized spacial score (nSPS) is 18.3. The van der Waals surface area contributed by atoms with E-state index >= 15 is 0 Å². The summed E-state index contributed by atoms with van der Waals surface area (Å²) in [6.07, 6.45) is 3.18. The highest BCUT2D eigenvalue weighted by atomic mass is 16.5. The second-order valence-corrected chi connectivity index (χ2v) is 4.87. The predicted molar refractivity (Wildman–Crippen MR) is 68.3 cm³/mol. The summed E-state index contributed by atoms with van der Waals surface area (Å²) in [5, 5.41) is 12.4. The Bertz CT molecular complexity index is 263. The van der Waals surface area contributed by atoms with E-state index in [-0.39, 0.29) is 0 Å². The fourth-order valence-electron chi connectivity index (χ4n) is 1.57. The summed E-state index contributed by atoms with van der Waals surface area (Å²) < 4.78 is 15.7.